The number of hydrogen-bond donors (Lipinski definition) is 2. The summed E-state index contributed by atoms with van der Waals surface area (Å²) in [6, 6.07) is 15.2. The van der Waals surface area contributed by atoms with Crippen molar-refractivity contribution in [3.05, 3.63) is 54.1 Å². The SMILES string of the molecule is CCCOc1ccccc1NC(=O)NC(c1ccc(OC)cc1)C1CC1. The zero-order chi connectivity index (χ0) is 18.4. The lowest BCUT2D eigenvalue weighted by atomic mass is 10.0. The summed E-state index contributed by atoms with van der Waals surface area (Å²) >= 11 is 0. The molecule has 0 heterocycles. The van der Waals surface area contributed by atoms with Crippen molar-refractivity contribution in [2.45, 2.75) is 32.2 Å². The topological polar surface area (TPSA) is 59.6 Å². The Morgan fingerprint density at radius 3 is 2.54 bits per heavy atom. The van der Waals surface area contributed by atoms with Gasteiger partial charge in [-0.25, -0.2) is 4.79 Å². The number of benzene rings is 2. The van der Waals surface area contributed by atoms with Crippen LogP contribution in [0.15, 0.2) is 48.5 Å². The highest BCUT2D eigenvalue weighted by molar-refractivity contribution is 5.91. The monoisotopic (exact) mass is 354 g/mol. The fourth-order valence-corrected chi connectivity index (χ4v) is 2.92. The van der Waals surface area contributed by atoms with Crippen LogP contribution in [0, 0.1) is 5.92 Å². The van der Waals surface area contributed by atoms with Crippen LogP contribution in [0.25, 0.3) is 0 Å². The van der Waals surface area contributed by atoms with Crippen LogP contribution in [0.2, 0.25) is 0 Å². The molecule has 5 nitrogen and oxygen atoms in total. The highest BCUT2D eigenvalue weighted by Crippen LogP contribution is 2.41. The van der Waals surface area contributed by atoms with Crippen LogP contribution in [-0.4, -0.2) is 19.7 Å². The number of ether oxygens (including phenoxy) is 2. The smallest absolute Gasteiger partial charge is 0.319 e. The van der Waals surface area contributed by atoms with Gasteiger partial charge in [0.1, 0.15) is 11.5 Å². The van der Waals surface area contributed by atoms with E-state index in [2.05, 4.69) is 17.6 Å². The minimum Gasteiger partial charge on any atom is -0.497 e. The predicted octanol–water partition coefficient (Wildman–Crippen LogP) is 4.76. The molecule has 0 spiro atoms. The molecule has 2 aromatic carbocycles. The fourth-order valence-electron chi connectivity index (χ4n) is 2.92. The molecule has 1 unspecified atom stereocenters. The molecule has 2 N–H and O–H groups in total. The Hall–Kier alpha value is -2.69. The lowest BCUT2D eigenvalue weighted by Crippen LogP contribution is -2.33. The summed E-state index contributed by atoms with van der Waals surface area (Å²) in [5, 5.41) is 6.04. The summed E-state index contributed by atoms with van der Waals surface area (Å²) in [6.45, 7) is 2.68. The second-order valence-corrected chi connectivity index (χ2v) is 6.53. The summed E-state index contributed by atoms with van der Waals surface area (Å²) in [6.07, 6.45) is 3.18. The number of methoxy groups -OCH3 is 1. The van der Waals surface area contributed by atoms with E-state index in [1.807, 2.05) is 48.5 Å². The van der Waals surface area contributed by atoms with Gasteiger partial charge in [0, 0.05) is 0 Å². The number of carbonyl (C=O) groups is 1. The number of anilines is 1. The number of para-hydroxylation sites is 2. The molecule has 5 heteroatoms. The molecule has 138 valence electrons. The van der Waals surface area contributed by atoms with Gasteiger partial charge in [0.2, 0.25) is 0 Å². The van der Waals surface area contributed by atoms with E-state index in [1.165, 1.54) is 0 Å². The van der Waals surface area contributed by atoms with Gasteiger partial charge in [-0.05, 0) is 55.0 Å². The van der Waals surface area contributed by atoms with Gasteiger partial charge in [-0.3, -0.25) is 0 Å². The van der Waals surface area contributed by atoms with Gasteiger partial charge in [-0.2, -0.15) is 0 Å². The molecule has 1 atom stereocenters. The Morgan fingerprint density at radius 1 is 1.15 bits per heavy atom. The minimum atomic E-state index is -0.217. The van der Waals surface area contributed by atoms with Crippen molar-refractivity contribution in [3.8, 4) is 11.5 Å². The predicted molar refractivity (Wildman–Crippen MR) is 103 cm³/mol. The van der Waals surface area contributed by atoms with Gasteiger partial charge < -0.3 is 20.1 Å². The Morgan fingerprint density at radius 2 is 1.88 bits per heavy atom. The molecule has 0 saturated heterocycles. The van der Waals surface area contributed by atoms with E-state index < -0.39 is 0 Å². The van der Waals surface area contributed by atoms with E-state index in [-0.39, 0.29) is 12.1 Å². The molecule has 2 aromatic rings. The quantitative estimate of drug-likeness (QED) is 0.719. The summed E-state index contributed by atoms with van der Waals surface area (Å²) in [5.41, 5.74) is 1.78. The zero-order valence-corrected chi connectivity index (χ0v) is 15.3. The van der Waals surface area contributed by atoms with Crippen molar-refractivity contribution in [3.63, 3.8) is 0 Å². The fraction of sp³-hybridized carbons (Fsp3) is 0.381. The molecule has 0 bridgehead atoms. The van der Waals surface area contributed by atoms with Crippen LogP contribution in [0.5, 0.6) is 11.5 Å². The highest BCUT2D eigenvalue weighted by atomic mass is 16.5. The highest BCUT2D eigenvalue weighted by Gasteiger charge is 2.33. The summed E-state index contributed by atoms with van der Waals surface area (Å²) < 4.78 is 10.9. The lowest BCUT2D eigenvalue weighted by molar-refractivity contribution is 0.246. The molecule has 1 saturated carbocycles. The molecular weight excluding hydrogens is 328 g/mol. The Kier molecular flexibility index (Phi) is 6.00. The molecule has 1 aliphatic carbocycles. The third kappa shape index (κ3) is 4.69. The second-order valence-electron chi connectivity index (χ2n) is 6.53. The summed E-state index contributed by atoms with van der Waals surface area (Å²) in [5.74, 6) is 1.99. The first-order valence-corrected chi connectivity index (χ1v) is 9.14. The van der Waals surface area contributed by atoms with Crippen LogP contribution in [0.3, 0.4) is 0 Å². The van der Waals surface area contributed by atoms with Gasteiger partial charge >= 0.3 is 6.03 Å². The minimum absolute atomic E-state index is 0.00429. The number of nitrogens with one attached hydrogen (secondary N) is 2. The first-order chi connectivity index (χ1) is 12.7. The van der Waals surface area contributed by atoms with E-state index in [4.69, 9.17) is 9.47 Å². The average Bonchev–Trinajstić information content (AvgIpc) is 3.51. The van der Waals surface area contributed by atoms with Crippen LogP contribution < -0.4 is 20.1 Å². The largest absolute Gasteiger partial charge is 0.497 e. The van der Waals surface area contributed by atoms with Crippen molar-refractivity contribution in [1.29, 1.82) is 0 Å². The van der Waals surface area contributed by atoms with Crippen molar-refractivity contribution in [2.75, 3.05) is 19.0 Å². The van der Waals surface area contributed by atoms with Crippen LogP contribution in [-0.2, 0) is 0 Å². The normalized spacial score (nSPS) is 14.4. The number of amides is 2. The number of urea groups is 1. The zero-order valence-electron chi connectivity index (χ0n) is 15.3. The molecule has 0 aliphatic heterocycles. The van der Waals surface area contributed by atoms with Crippen molar-refractivity contribution >= 4 is 11.7 Å². The third-order valence-corrected chi connectivity index (χ3v) is 4.45. The Bertz CT molecular complexity index is 726. The average molecular weight is 354 g/mol. The van der Waals surface area contributed by atoms with Crippen molar-refractivity contribution < 1.29 is 14.3 Å². The summed E-state index contributed by atoms with van der Waals surface area (Å²) in [7, 11) is 1.65. The summed E-state index contributed by atoms with van der Waals surface area (Å²) in [4.78, 5) is 12.6. The second kappa shape index (κ2) is 8.61. The maximum Gasteiger partial charge on any atom is 0.319 e. The lowest BCUT2D eigenvalue weighted by Gasteiger charge is -2.20. The maximum absolute atomic E-state index is 12.6. The number of hydrogen-bond acceptors (Lipinski definition) is 3. The number of rotatable bonds is 8. The molecule has 1 aliphatic rings. The van der Waals surface area contributed by atoms with Gasteiger partial charge in [0.05, 0.1) is 25.4 Å². The van der Waals surface area contributed by atoms with E-state index in [9.17, 15) is 4.79 Å². The molecule has 1 fully saturated rings. The molecule has 2 amide bonds. The van der Waals surface area contributed by atoms with Crippen LogP contribution in [0.4, 0.5) is 10.5 Å². The number of carbonyl (C=O) groups excluding carboxylic acids is 1. The van der Waals surface area contributed by atoms with E-state index >= 15 is 0 Å². The first kappa shape index (κ1) is 18.1. The van der Waals surface area contributed by atoms with Crippen LogP contribution >= 0.6 is 0 Å². The third-order valence-electron chi connectivity index (χ3n) is 4.45. The van der Waals surface area contributed by atoms with Crippen molar-refractivity contribution in [1.82, 2.24) is 5.32 Å². The van der Waals surface area contributed by atoms with Gasteiger partial charge in [0.25, 0.3) is 0 Å². The molecular formula is C21H26N2O3. The standard InChI is InChI=1S/C21H26N2O3/c1-3-14-26-19-7-5-4-6-18(19)22-21(24)23-20(15-8-9-15)16-10-12-17(25-2)13-11-16/h4-7,10-13,15,20H,3,8-9,14H2,1-2H3,(H2,22,23,24). The Labute approximate surface area is 154 Å². The van der Waals surface area contributed by atoms with Gasteiger partial charge in [-0.1, -0.05) is 31.2 Å². The van der Waals surface area contributed by atoms with Gasteiger partial charge in [-0.15, -0.1) is 0 Å². The molecule has 26 heavy (non-hydrogen) atoms. The van der Waals surface area contributed by atoms with Crippen LogP contribution in [0.1, 0.15) is 37.8 Å². The Balaban J connectivity index is 1.67. The van der Waals surface area contributed by atoms with E-state index in [0.717, 1.165) is 30.6 Å². The molecule has 3 rings (SSSR count). The van der Waals surface area contributed by atoms with Crippen molar-refractivity contribution in [2.24, 2.45) is 5.92 Å². The first-order valence-electron chi connectivity index (χ1n) is 9.14. The maximum atomic E-state index is 12.6. The van der Waals surface area contributed by atoms with Gasteiger partial charge in [0.15, 0.2) is 0 Å². The van der Waals surface area contributed by atoms with E-state index in [1.54, 1.807) is 7.11 Å². The molecule has 0 aromatic heterocycles. The molecule has 0 radical (unpaired) electrons. The van der Waals surface area contributed by atoms with E-state index in [0.29, 0.717) is 24.0 Å².